The molecule has 0 aliphatic heterocycles. The minimum Gasteiger partial charge on any atom is -0.483 e. The summed E-state index contributed by atoms with van der Waals surface area (Å²) in [6.07, 6.45) is 0.441. The Balaban J connectivity index is 1.81. The maximum atomic E-state index is 13.4. The number of rotatable bonds is 10. The maximum Gasteiger partial charge on any atom is 0.261 e. The number of benzene rings is 3. The number of nitrogens with zero attached hydrogens (tertiary/aromatic N) is 1. The summed E-state index contributed by atoms with van der Waals surface area (Å²) in [4.78, 5) is 27.8. The highest BCUT2D eigenvalue weighted by Gasteiger charge is 2.29. The van der Waals surface area contributed by atoms with Crippen molar-refractivity contribution in [1.29, 1.82) is 0 Å². The summed E-state index contributed by atoms with van der Waals surface area (Å²) >= 11 is 3.58. The van der Waals surface area contributed by atoms with E-state index in [0.717, 1.165) is 20.8 Å². The van der Waals surface area contributed by atoms with Crippen LogP contribution in [0.25, 0.3) is 10.8 Å². The van der Waals surface area contributed by atoms with Gasteiger partial charge in [0.1, 0.15) is 17.6 Å². The average Bonchev–Trinajstić information content (AvgIpc) is 2.83. The summed E-state index contributed by atoms with van der Waals surface area (Å²) in [6.45, 7) is 6.36. The third-order valence-electron chi connectivity index (χ3n) is 5.52. The van der Waals surface area contributed by atoms with Crippen molar-refractivity contribution in [1.82, 2.24) is 10.2 Å². The lowest BCUT2D eigenvalue weighted by Gasteiger charge is -2.31. The van der Waals surface area contributed by atoms with Crippen molar-refractivity contribution in [3.05, 3.63) is 76.5 Å². The van der Waals surface area contributed by atoms with Crippen LogP contribution in [0.5, 0.6) is 5.75 Å². The molecule has 0 spiro atoms. The van der Waals surface area contributed by atoms with Gasteiger partial charge in [-0.3, -0.25) is 9.59 Å². The normalized spacial score (nSPS) is 11.9. The quantitative estimate of drug-likeness (QED) is 0.367. The van der Waals surface area contributed by atoms with Crippen LogP contribution in [0, 0.1) is 11.7 Å². The van der Waals surface area contributed by atoms with Crippen molar-refractivity contribution in [3.8, 4) is 5.75 Å². The molecule has 0 heterocycles. The van der Waals surface area contributed by atoms with Gasteiger partial charge in [0.05, 0.1) is 4.47 Å². The molecule has 7 heteroatoms. The van der Waals surface area contributed by atoms with Crippen molar-refractivity contribution in [2.24, 2.45) is 5.92 Å². The van der Waals surface area contributed by atoms with Crippen molar-refractivity contribution in [2.75, 3.05) is 13.2 Å². The van der Waals surface area contributed by atoms with E-state index >= 15 is 0 Å². The number of ether oxygens (including phenoxy) is 1. The second-order valence-electron chi connectivity index (χ2n) is 8.60. The molecule has 0 fully saturated rings. The summed E-state index contributed by atoms with van der Waals surface area (Å²) < 4.78 is 20.1. The molecule has 0 radical (unpaired) electrons. The SMILES string of the molecule is CC[C@H](C(=O)NCC(C)C)N(Cc1ccc(F)cc1)C(=O)COc1ccc2ccccc2c1Br. The first-order valence-electron chi connectivity index (χ1n) is 11.4. The third-order valence-corrected chi connectivity index (χ3v) is 6.33. The zero-order valence-corrected chi connectivity index (χ0v) is 21.3. The molecule has 1 N–H and O–H groups in total. The van der Waals surface area contributed by atoms with Gasteiger partial charge >= 0.3 is 0 Å². The monoisotopic (exact) mass is 528 g/mol. The number of hydrogen-bond acceptors (Lipinski definition) is 3. The number of nitrogens with one attached hydrogen (secondary N) is 1. The van der Waals surface area contributed by atoms with Crippen LogP contribution < -0.4 is 10.1 Å². The fourth-order valence-corrected chi connectivity index (χ4v) is 4.28. The Bertz CT molecular complexity index is 1130. The molecule has 5 nitrogen and oxygen atoms in total. The van der Waals surface area contributed by atoms with Crippen LogP contribution in [0.4, 0.5) is 4.39 Å². The lowest BCUT2D eigenvalue weighted by Crippen LogP contribution is -2.50. The molecule has 3 aromatic rings. The second-order valence-corrected chi connectivity index (χ2v) is 9.39. The molecule has 0 saturated carbocycles. The summed E-state index contributed by atoms with van der Waals surface area (Å²) in [5, 5.41) is 4.96. The zero-order valence-electron chi connectivity index (χ0n) is 19.7. The summed E-state index contributed by atoms with van der Waals surface area (Å²) in [7, 11) is 0. The molecule has 0 saturated heterocycles. The highest BCUT2D eigenvalue weighted by Crippen LogP contribution is 2.33. The number of carbonyl (C=O) groups is 2. The Labute approximate surface area is 208 Å². The first-order valence-corrected chi connectivity index (χ1v) is 12.2. The summed E-state index contributed by atoms with van der Waals surface area (Å²) in [6, 6.07) is 16.9. The molecule has 1 atom stereocenters. The van der Waals surface area contributed by atoms with Gasteiger partial charge in [0.25, 0.3) is 5.91 Å². The average molecular weight is 529 g/mol. The molecule has 3 rings (SSSR count). The number of hydrogen-bond donors (Lipinski definition) is 1. The van der Waals surface area contributed by atoms with Crippen LogP contribution in [-0.4, -0.2) is 35.9 Å². The second kappa shape index (κ2) is 12.0. The third kappa shape index (κ3) is 6.56. The molecule has 180 valence electrons. The highest BCUT2D eigenvalue weighted by molar-refractivity contribution is 9.10. The van der Waals surface area contributed by atoms with E-state index in [-0.39, 0.29) is 36.7 Å². The highest BCUT2D eigenvalue weighted by atomic mass is 79.9. The number of fused-ring (bicyclic) bond motifs is 1. The molecule has 34 heavy (non-hydrogen) atoms. The van der Waals surface area contributed by atoms with Crippen molar-refractivity contribution in [2.45, 2.75) is 39.8 Å². The fraction of sp³-hybridized carbons (Fsp3) is 0.333. The standard InChI is InChI=1S/C27H30BrFN2O3/c1-4-23(27(33)30-15-18(2)3)31(16-19-9-12-21(29)13-10-19)25(32)17-34-24-14-11-20-7-5-6-8-22(20)26(24)28/h5-14,18,23H,4,15-17H2,1-3H3,(H,30,33)/t23-/m1/s1. The van der Waals surface area contributed by atoms with Crippen molar-refractivity contribution >= 4 is 38.5 Å². The Hall–Kier alpha value is -2.93. The smallest absolute Gasteiger partial charge is 0.261 e. The Morgan fingerprint density at radius 1 is 1.06 bits per heavy atom. The summed E-state index contributed by atoms with van der Waals surface area (Å²) in [5.41, 5.74) is 0.733. The van der Waals surface area contributed by atoms with Crippen molar-refractivity contribution < 1.29 is 18.7 Å². The first kappa shape index (κ1) is 25.7. The largest absolute Gasteiger partial charge is 0.483 e. The van der Waals surface area contributed by atoms with Crippen LogP contribution in [0.2, 0.25) is 0 Å². The molecule has 0 aromatic heterocycles. The lowest BCUT2D eigenvalue weighted by atomic mass is 10.1. The molecule has 0 aliphatic rings. The number of amides is 2. The van der Waals surface area contributed by atoms with Gasteiger partial charge in [-0.25, -0.2) is 4.39 Å². The molecule has 2 amide bonds. The predicted molar refractivity (Wildman–Crippen MR) is 136 cm³/mol. The zero-order chi connectivity index (χ0) is 24.7. The van der Waals surface area contributed by atoms with Gasteiger partial charge in [-0.05, 0) is 62.8 Å². The van der Waals surface area contributed by atoms with E-state index in [1.807, 2.05) is 57.2 Å². The Morgan fingerprint density at radius 2 is 1.76 bits per heavy atom. The molecule has 0 bridgehead atoms. The maximum absolute atomic E-state index is 13.4. The molecule has 3 aromatic carbocycles. The van der Waals surface area contributed by atoms with Crippen LogP contribution in [0.15, 0.2) is 65.1 Å². The van der Waals surface area contributed by atoms with Gasteiger partial charge in [-0.1, -0.05) is 63.2 Å². The van der Waals surface area contributed by atoms with Crippen LogP contribution in [0.3, 0.4) is 0 Å². The number of halogens is 2. The van der Waals surface area contributed by atoms with E-state index in [9.17, 15) is 14.0 Å². The van der Waals surface area contributed by atoms with Gasteiger partial charge in [-0.15, -0.1) is 0 Å². The predicted octanol–water partition coefficient (Wildman–Crippen LogP) is 5.70. The Kier molecular flexibility index (Phi) is 9.05. The van der Waals surface area contributed by atoms with Gasteiger partial charge in [0.15, 0.2) is 6.61 Å². The van der Waals surface area contributed by atoms with Crippen LogP contribution in [0.1, 0.15) is 32.8 Å². The number of carbonyl (C=O) groups excluding carboxylic acids is 2. The topological polar surface area (TPSA) is 58.6 Å². The van der Waals surface area contributed by atoms with Gasteiger partial charge < -0.3 is 15.0 Å². The van der Waals surface area contributed by atoms with E-state index in [0.29, 0.717) is 18.7 Å². The fourth-order valence-electron chi connectivity index (χ4n) is 3.68. The molecular weight excluding hydrogens is 499 g/mol. The Morgan fingerprint density at radius 3 is 2.44 bits per heavy atom. The molecule has 0 unspecified atom stereocenters. The van der Waals surface area contributed by atoms with E-state index in [1.54, 1.807) is 12.1 Å². The first-order chi connectivity index (χ1) is 16.3. The van der Waals surface area contributed by atoms with Crippen LogP contribution >= 0.6 is 15.9 Å². The minimum atomic E-state index is -0.667. The van der Waals surface area contributed by atoms with Crippen molar-refractivity contribution in [3.63, 3.8) is 0 Å². The van der Waals surface area contributed by atoms with E-state index in [2.05, 4.69) is 21.2 Å². The van der Waals surface area contributed by atoms with Gasteiger partial charge in [0.2, 0.25) is 5.91 Å². The lowest BCUT2D eigenvalue weighted by molar-refractivity contribution is -0.143. The van der Waals surface area contributed by atoms with E-state index in [4.69, 9.17) is 4.74 Å². The van der Waals surface area contributed by atoms with Gasteiger partial charge in [0, 0.05) is 13.1 Å². The van der Waals surface area contributed by atoms with E-state index < -0.39 is 6.04 Å². The summed E-state index contributed by atoms with van der Waals surface area (Å²) in [5.74, 6) is -0.0512. The molecular formula is C27H30BrFN2O3. The van der Waals surface area contributed by atoms with Crippen LogP contribution in [-0.2, 0) is 16.1 Å². The molecule has 0 aliphatic carbocycles. The van der Waals surface area contributed by atoms with Gasteiger partial charge in [-0.2, -0.15) is 0 Å². The van der Waals surface area contributed by atoms with E-state index in [1.165, 1.54) is 17.0 Å². The minimum absolute atomic E-state index is 0.176.